The van der Waals surface area contributed by atoms with Gasteiger partial charge in [0.25, 0.3) is 0 Å². The minimum absolute atomic E-state index is 0.190. The largest absolute Gasteiger partial charge is 0.333 e. The highest BCUT2D eigenvalue weighted by Gasteiger charge is 2.21. The zero-order valence-corrected chi connectivity index (χ0v) is 9.95. The van der Waals surface area contributed by atoms with E-state index in [9.17, 15) is 0 Å². The Kier molecular flexibility index (Phi) is 2.83. The molecule has 0 saturated carbocycles. The van der Waals surface area contributed by atoms with Crippen LogP contribution in [0.1, 0.15) is 39.3 Å². The van der Waals surface area contributed by atoms with Crippen LogP contribution in [0.5, 0.6) is 0 Å². The van der Waals surface area contributed by atoms with Crippen molar-refractivity contribution >= 4 is 0 Å². The SMILES string of the molecule is CC(C)(C)c1cncn1CC1CCCN1. The summed E-state index contributed by atoms with van der Waals surface area (Å²) in [4.78, 5) is 4.27. The number of rotatable bonds is 2. The molecule has 84 valence electrons. The fraction of sp³-hybridized carbons (Fsp3) is 0.750. The lowest BCUT2D eigenvalue weighted by molar-refractivity contribution is 0.459. The van der Waals surface area contributed by atoms with E-state index < -0.39 is 0 Å². The molecule has 0 aliphatic carbocycles. The molecule has 1 saturated heterocycles. The summed E-state index contributed by atoms with van der Waals surface area (Å²) in [6.07, 6.45) is 6.56. The molecule has 2 rings (SSSR count). The Balaban J connectivity index is 2.11. The van der Waals surface area contributed by atoms with Gasteiger partial charge in [-0.3, -0.25) is 0 Å². The first-order valence-corrected chi connectivity index (χ1v) is 5.81. The van der Waals surface area contributed by atoms with Crippen LogP contribution in [-0.4, -0.2) is 22.1 Å². The van der Waals surface area contributed by atoms with Gasteiger partial charge in [0.05, 0.1) is 6.33 Å². The third kappa shape index (κ3) is 2.40. The molecule has 0 amide bonds. The Hall–Kier alpha value is -0.830. The summed E-state index contributed by atoms with van der Waals surface area (Å²) in [5, 5.41) is 3.52. The summed E-state index contributed by atoms with van der Waals surface area (Å²) in [6.45, 7) is 8.95. The lowest BCUT2D eigenvalue weighted by Gasteiger charge is -2.22. The third-order valence-corrected chi connectivity index (χ3v) is 3.06. The average molecular weight is 207 g/mol. The topological polar surface area (TPSA) is 29.9 Å². The maximum atomic E-state index is 4.27. The van der Waals surface area contributed by atoms with E-state index in [0.29, 0.717) is 6.04 Å². The maximum absolute atomic E-state index is 4.27. The molecule has 1 unspecified atom stereocenters. The van der Waals surface area contributed by atoms with Crippen molar-refractivity contribution in [3.05, 3.63) is 18.2 Å². The van der Waals surface area contributed by atoms with Crippen LogP contribution >= 0.6 is 0 Å². The Morgan fingerprint density at radius 1 is 1.53 bits per heavy atom. The molecule has 1 aliphatic rings. The molecule has 3 nitrogen and oxygen atoms in total. The van der Waals surface area contributed by atoms with E-state index in [2.05, 4.69) is 35.6 Å². The summed E-state index contributed by atoms with van der Waals surface area (Å²) in [5.41, 5.74) is 1.52. The van der Waals surface area contributed by atoms with E-state index in [0.717, 1.165) is 6.54 Å². The predicted octanol–water partition coefficient (Wildman–Crippen LogP) is 1.93. The molecular formula is C12H21N3. The number of hydrogen-bond donors (Lipinski definition) is 1. The van der Waals surface area contributed by atoms with Gasteiger partial charge in [0.1, 0.15) is 0 Å². The number of nitrogens with zero attached hydrogens (tertiary/aromatic N) is 2. The molecule has 2 heterocycles. The van der Waals surface area contributed by atoms with Crippen LogP contribution in [0.25, 0.3) is 0 Å². The minimum atomic E-state index is 0.190. The third-order valence-electron chi connectivity index (χ3n) is 3.06. The van der Waals surface area contributed by atoms with Crippen molar-refractivity contribution in [1.82, 2.24) is 14.9 Å². The highest BCUT2D eigenvalue weighted by molar-refractivity contribution is 5.10. The summed E-state index contributed by atoms with van der Waals surface area (Å²) >= 11 is 0. The molecule has 0 spiro atoms. The van der Waals surface area contributed by atoms with Gasteiger partial charge in [0.2, 0.25) is 0 Å². The van der Waals surface area contributed by atoms with Gasteiger partial charge < -0.3 is 9.88 Å². The first-order chi connectivity index (χ1) is 7.07. The van der Waals surface area contributed by atoms with E-state index in [1.807, 2.05) is 12.5 Å². The van der Waals surface area contributed by atoms with Gasteiger partial charge in [-0.25, -0.2) is 4.98 Å². The molecule has 1 aromatic heterocycles. The van der Waals surface area contributed by atoms with Gasteiger partial charge in [-0.15, -0.1) is 0 Å². The fourth-order valence-corrected chi connectivity index (χ4v) is 2.24. The minimum Gasteiger partial charge on any atom is -0.333 e. The molecular weight excluding hydrogens is 186 g/mol. The van der Waals surface area contributed by atoms with Crippen LogP contribution in [0.2, 0.25) is 0 Å². The Morgan fingerprint density at radius 2 is 2.33 bits per heavy atom. The Labute approximate surface area is 91.9 Å². The van der Waals surface area contributed by atoms with Crippen molar-refractivity contribution < 1.29 is 0 Å². The van der Waals surface area contributed by atoms with Gasteiger partial charge in [-0.2, -0.15) is 0 Å². The van der Waals surface area contributed by atoms with Crippen molar-refractivity contribution in [1.29, 1.82) is 0 Å². The van der Waals surface area contributed by atoms with Crippen molar-refractivity contribution in [3.63, 3.8) is 0 Å². The summed E-state index contributed by atoms with van der Waals surface area (Å²) in [7, 11) is 0. The van der Waals surface area contributed by atoms with Crippen molar-refractivity contribution in [2.45, 2.75) is 51.6 Å². The normalized spacial score (nSPS) is 22.2. The standard InChI is InChI=1S/C12H21N3/c1-12(2,3)11-7-13-9-15(11)8-10-5-4-6-14-10/h7,9-10,14H,4-6,8H2,1-3H3. The fourth-order valence-electron chi connectivity index (χ4n) is 2.24. The van der Waals surface area contributed by atoms with Crippen LogP contribution in [0.4, 0.5) is 0 Å². The molecule has 1 aromatic rings. The van der Waals surface area contributed by atoms with Crippen LogP contribution in [0, 0.1) is 0 Å². The highest BCUT2D eigenvalue weighted by Crippen LogP contribution is 2.22. The summed E-state index contributed by atoms with van der Waals surface area (Å²) in [5.74, 6) is 0. The zero-order chi connectivity index (χ0) is 10.9. The van der Waals surface area contributed by atoms with Crippen molar-refractivity contribution in [2.75, 3.05) is 6.54 Å². The number of hydrogen-bond acceptors (Lipinski definition) is 2. The molecule has 1 atom stereocenters. The van der Waals surface area contributed by atoms with Gasteiger partial charge in [-0.05, 0) is 19.4 Å². The first-order valence-electron chi connectivity index (χ1n) is 5.81. The summed E-state index contributed by atoms with van der Waals surface area (Å²) in [6, 6.07) is 0.639. The second-order valence-electron chi connectivity index (χ2n) is 5.47. The quantitative estimate of drug-likeness (QED) is 0.803. The molecule has 0 bridgehead atoms. The van der Waals surface area contributed by atoms with Crippen molar-refractivity contribution in [2.24, 2.45) is 0 Å². The van der Waals surface area contributed by atoms with E-state index in [1.54, 1.807) is 0 Å². The highest BCUT2D eigenvalue weighted by atomic mass is 15.1. The monoisotopic (exact) mass is 207 g/mol. The van der Waals surface area contributed by atoms with Crippen LogP contribution < -0.4 is 5.32 Å². The van der Waals surface area contributed by atoms with Crippen molar-refractivity contribution in [3.8, 4) is 0 Å². The van der Waals surface area contributed by atoms with Crippen LogP contribution in [0.3, 0.4) is 0 Å². The first kappa shape index (κ1) is 10.7. The Morgan fingerprint density at radius 3 is 2.93 bits per heavy atom. The smallest absolute Gasteiger partial charge is 0.0948 e. The number of nitrogens with one attached hydrogen (secondary N) is 1. The molecule has 1 N–H and O–H groups in total. The van der Waals surface area contributed by atoms with E-state index in [-0.39, 0.29) is 5.41 Å². The molecule has 0 radical (unpaired) electrons. The molecule has 1 aliphatic heterocycles. The molecule has 15 heavy (non-hydrogen) atoms. The Bertz CT molecular complexity index is 316. The maximum Gasteiger partial charge on any atom is 0.0948 e. The lowest BCUT2D eigenvalue weighted by atomic mass is 9.92. The molecule has 0 aromatic carbocycles. The van der Waals surface area contributed by atoms with Gasteiger partial charge in [-0.1, -0.05) is 20.8 Å². The van der Waals surface area contributed by atoms with Gasteiger partial charge in [0.15, 0.2) is 0 Å². The summed E-state index contributed by atoms with van der Waals surface area (Å²) < 4.78 is 2.29. The molecule has 1 fully saturated rings. The number of aromatic nitrogens is 2. The van der Waals surface area contributed by atoms with Gasteiger partial charge >= 0.3 is 0 Å². The average Bonchev–Trinajstić information content (AvgIpc) is 2.73. The second-order valence-corrected chi connectivity index (χ2v) is 5.47. The van der Waals surface area contributed by atoms with Gasteiger partial charge in [0, 0.05) is 29.9 Å². The predicted molar refractivity (Wildman–Crippen MR) is 62.0 cm³/mol. The van der Waals surface area contributed by atoms with E-state index in [1.165, 1.54) is 25.1 Å². The molecule has 3 heteroatoms. The zero-order valence-electron chi connectivity index (χ0n) is 9.95. The van der Waals surface area contributed by atoms with Crippen LogP contribution in [0.15, 0.2) is 12.5 Å². The number of imidazole rings is 1. The van der Waals surface area contributed by atoms with Crippen LogP contribution in [-0.2, 0) is 12.0 Å². The lowest BCUT2D eigenvalue weighted by Crippen LogP contribution is -2.29. The second kappa shape index (κ2) is 3.97. The van der Waals surface area contributed by atoms with E-state index in [4.69, 9.17) is 0 Å². The van der Waals surface area contributed by atoms with E-state index >= 15 is 0 Å².